The molecule has 2 rings (SSSR count). The van der Waals surface area contributed by atoms with Gasteiger partial charge in [0.1, 0.15) is 11.9 Å². The summed E-state index contributed by atoms with van der Waals surface area (Å²) >= 11 is 1.92. The van der Waals surface area contributed by atoms with Crippen LogP contribution in [0.1, 0.15) is 44.2 Å². The number of para-hydroxylation sites is 1. The Morgan fingerprint density at radius 3 is 3.00 bits per heavy atom. The maximum absolute atomic E-state index is 6.14. The Hall–Kier alpha value is -0.670. The Labute approximate surface area is 121 Å². The number of fused-ring (bicyclic) bond motifs is 1. The molecule has 0 saturated carbocycles. The van der Waals surface area contributed by atoms with E-state index in [0.717, 1.165) is 18.7 Å². The normalized spacial score (nSPS) is 21.8. The molecule has 1 aromatic rings. The lowest BCUT2D eigenvalue weighted by atomic mass is 9.94. The first-order valence-electron chi connectivity index (χ1n) is 7.33. The molecule has 19 heavy (non-hydrogen) atoms. The summed E-state index contributed by atoms with van der Waals surface area (Å²) in [6.45, 7) is 3.30. The molecule has 2 nitrogen and oxygen atoms in total. The second-order valence-electron chi connectivity index (χ2n) is 5.16. The van der Waals surface area contributed by atoms with Crippen molar-refractivity contribution in [3.63, 3.8) is 0 Å². The van der Waals surface area contributed by atoms with Crippen molar-refractivity contribution in [1.29, 1.82) is 0 Å². The van der Waals surface area contributed by atoms with Gasteiger partial charge in [0.25, 0.3) is 0 Å². The van der Waals surface area contributed by atoms with Crippen molar-refractivity contribution in [2.24, 2.45) is 0 Å². The number of ether oxygens (including phenoxy) is 1. The van der Waals surface area contributed by atoms with Crippen molar-refractivity contribution in [1.82, 2.24) is 5.32 Å². The van der Waals surface area contributed by atoms with Crippen molar-refractivity contribution < 1.29 is 4.74 Å². The molecule has 1 aliphatic heterocycles. The highest BCUT2D eigenvalue weighted by atomic mass is 32.2. The Kier molecular flexibility index (Phi) is 6.05. The van der Waals surface area contributed by atoms with Crippen molar-refractivity contribution in [3.8, 4) is 5.75 Å². The van der Waals surface area contributed by atoms with Gasteiger partial charge in [-0.1, -0.05) is 25.1 Å². The zero-order valence-electron chi connectivity index (χ0n) is 12.0. The van der Waals surface area contributed by atoms with Crippen LogP contribution in [0.3, 0.4) is 0 Å². The average Bonchev–Trinajstić information content (AvgIpc) is 2.45. The van der Waals surface area contributed by atoms with Crippen molar-refractivity contribution in [2.45, 2.75) is 44.8 Å². The number of benzene rings is 1. The molecule has 0 spiro atoms. The summed E-state index contributed by atoms with van der Waals surface area (Å²) in [7, 11) is 0. The first-order valence-corrected chi connectivity index (χ1v) is 8.72. The minimum absolute atomic E-state index is 0.372. The Morgan fingerprint density at radius 2 is 2.21 bits per heavy atom. The molecule has 106 valence electrons. The highest BCUT2D eigenvalue weighted by molar-refractivity contribution is 7.98. The van der Waals surface area contributed by atoms with Crippen LogP contribution in [0, 0.1) is 0 Å². The highest BCUT2D eigenvalue weighted by Crippen LogP contribution is 2.35. The van der Waals surface area contributed by atoms with Crippen LogP contribution < -0.4 is 10.1 Å². The number of hydrogen-bond donors (Lipinski definition) is 1. The van der Waals surface area contributed by atoms with Crippen LogP contribution in [-0.2, 0) is 0 Å². The van der Waals surface area contributed by atoms with Crippen molar-refractivity contribution in [3.05, 3.63) is 29.8 Å². The molecule has 2 atom stereocenters. The van der Waals surface area contributed by atoms with E-state index < -0.39 is 0 Å². The van der Waals surface area contributed by atoms with E-state index in [1.165, 1.54) is 30.6 Å². The second-order valence-corrected chi connectivity index (χ2v) is 6.14. The van der Waals surface area contributed by atoms with Crippen LogP contribution in [0.15, 0.2) is 24.3 Å². The molecular weight excluding hydrogens is 254 g/mol. The molecule has 2 unspecified atom stereocenters. The number of rotatable bonds is 7. The van der Waals surface area contributed by atoms with Gasteiger partial charge >= 0.3 is 0 Å². The SMILES string of the molecule is CCCNC1CC(CCCSC)Oc2ccccc21. The van der Waals surface area contributed by atoms with Crippen LogP contribution in [-0.4, -0.2) is 24.7 Å². The van der Waals surface area contributed by atoms with E-state index in [1.54, 1.807) is 0 Å². The van der Waals surface area contributed by atoms with Gasteiger partial charge in [0.05, 0.1) is 0 Å². The van der Waals surface area contributed by atoms with Gasteiger partial charge in [-0.2, -0.15) is 11.8 Å². The van der Waals surface area contributed by atoms with Gasteiger partial charge in [0.15, 0.2) is 0 Å². The van der Waals surface area contributed by atoms with Gasteiger partial charge in [0, 0.05) is 18.0 Å². The Bertz CT molecular complexity index is 383. The lowest BCUT2D eigenvalue weighted by Gasteiger charge is -2.33. The summed E-state index contributed by atoms with van der Waals surface area (Å²) in [6, 6.07) is 8.94. The Morgan fingerprint density at radius 1 is 1.37 bits per heavy atom. The summed E-state index contributed by atoms with van der Waals surface area (Å²) in [5.41, 5.74) is 1.33. The second kappa shape index (κ2) is 7.81. The molecule has 0 saturated heterocycles. The number of nitrogens with one attached hydrogen (secondary N) is 1. The smallest absolute Gasteiger partial charge is 0.124 e. The largest absolute Gasteiger partial charge is 0.490 e. The predicted octanol–water partition coefficient (Wildman–Crippen LogP) is 4.02. The lowest BCUT2D eigenvalue weighted by molar-refractivity contribution is 0.140. The van der Waals surface area contributed by atoms with Crippen LogP contribution in [0.5, 0.6) is 5.75 Å². The van der Waals surface area contributed by atoms with Crippen molar-refractivity contribution in [2.75, 3.05) is 18.6 Å². The maximum Gasteiger partial charge on any atom is 0.124 e. The molecule has 0 fully saturated rings. The third-order valence-electron chi connectivity index (χ3n) is 3.60. The summed E-state index contributed by atoms with van der Waals surface area (Å²) < 4.78 is 6.14. The average molecular weight is 279 g/mol. The van der Waals surface area contributed by atoms with E-state index in [4.69, 9.17) is 4.74 Å². The molecule has 0 amide bonds. The quantitative estimate of drug-likeness (QED) is 0.762. The number of hydrogen-bond acceptors (Lipinski definition) is 3. The molecule has 3 heteroatoms. The fraction of sp³-hybridized carbons (Fsp3) is 0.625. The minimum atomic E-state index is 0.372. The van der Waals surface area contributed by atoms with E-state index in [1.807, 2.05) is 11.8 Å². The molecule has 1 N–H and O–H groups in total. The predicted molar refractivity (Wildman–Crippen MR) is 84.1 cm³/mol. The van der Waals surface area contributed by atoms with E-state index in [0.29, 0.717) is 12.1 Å². The van der Waals surface area contributed by atoms with Gasteiger partial charge in [-0.3, -0.25) is 0 Å². The summed E-state index contributed by atoms with van der Waals surface area (Å²) in [5, 5.41) is 3.66. The minimum Gasteiger partial charge on any atom is -0.490 e. The molecule has 1 aromatic carbocycles. The monoisotopic (exact) mass is 279 g/mol. The zero-order chi connectivity index (χ0) is 13.5. The van der Waals surface area contributed by atoms with E-state index in [9.17, 15) is 0 Å². The summed E-state index contributed by atoms with van der Waals surface area (Å²) in [4.78, 5) is 0. The summed E-state index contributed by atoms with van der Waals surface area (Å²) in [5.74, 6) is 2.31. The fourth-order valence-electron chi connectivity index (χ4n) is 2.64. The first kappa shape index (κ1) is 14.7. The van der Waals surface area contributed by atoms with Crippen molar-refractivity contribution >= 4 is 11.8 Å². The zero-order valence-corrected chi connectivity index (χ0v) is 12.8. The first-order chi connectivity index (χ1) is 9.35. The molecular formula is C16H25NOS. The molecule has 1 aliphatic rings. The van der Waals surface area contributed by atoms with Crippen LogP contribution in [0.25, 0.3) is 0 Å². The highest BCUT2D eigenvalue weighted by Gasteiger charge is 2.27. The topological polar surface area (TPSA) is 21.3 Å². The van der Waals surface area contributed by atoms with Gasteiger partial charge in [0.2, 0.25) is 0 Å². The van der Waals surface area contributed by atoms with Gasteiger partial charge in [-0.05, 0) is 43.9 Å². The summed E-state index contributed by atoms with van der Waals surface area (Å²) in [6.07, 6.45) is 7.23. The van der Waals surface area contributed by atoms with Gasteiger partial charge in [-0.15, -0.1) is 0 Å². The maximum atomic E-state index is 6.14. The van der Waals surface area contributed by atoms with Gasteiger partial charge in [-0.25, -0.2) is 0 Å². The van der Waals surface area contributed by atoms with E-state index in [-0.39, 0.29) is 0 Å². The third kappa shape index (κ3) is 4.15. The lowest BCUT2D eigenvalue weighted by Crippen LogP contribution is -2.33. The van der Waals surface area contributed by atoms with Crippen LogP contribution in [0.4, 0.5) is 0 Å². The molecule has 0 bridgehead atoms. The molecule has 0 aromatic heterocycles. The van der Waals surface area contributed by atoms with Crippen LogP contribution >= 0.6 is 11.8 Å². The van der Waals surface area contributed by atoms with Gasteiger partial charge < -0.3 is 10.1 Å². The molecule has 0 aliphatic carbocycles. The standard InChI is InChI=1S/C16H25NOS/c1-3-10-17-15-12-13(7-6-11-19-2)18-16-9-5-4-8-14(15)16/h4-5,8-9,13,15,17H,3,6-7,10-12H2,1-2H3. The number of thioether (sulfide) groups is 1. The third-order valence-corrected chi connectivity index (χ3v) is 4.30. The fourth-order valence-corrected chi connectivity index (χ4v) is 3.09. The van der Waals surface area contributed by atoms with Crippen LogP contribution in [0.2, 0.25) is 0 Å². The van der Waals surface area contributed by atoms with E-state index >= 15 is 0 Å². The van der Waals surface area contributed by atoms with E-state index in [2.05, 4.69) is 42.8 Å². The molecule has 0 radical (unpaired) electrons. The molecule has 1 heterocycles. The Balaban J connectivity index is 2.01.